The second-order valence-electron chi connectivity index (χ2n) is 6.95. The van der Waals surface area contributed by atoms with E-state index in [2.05, 4.69) is 5.32 Å². The number of hydrogen-bond donors (Lipinski definition) is 2. The van der Waals surface area contributed by atoms with Gasteiger partial charge < -0.3 is 15.3 Å². The molecule has 0 saturated carbocycles. The number of anilines is 1. The van der Waals surface area contributed by atoms with E-state index in [4.69, 9.17) is 5.11 Å². The number of aliphatic carboxylic acids is 1. The minimum Gasteiger partial charge on any atom is -0.481 e. The second kappa shape index (κ2) is 8.69. The Labute approximate surface area is 164 Å². The zero-order chi connectivity index (χ0) is 20.1. The minimum absolute atomic E-state index is 0.113. The van der Waals surface area contributed by atoms with Gasteiger partial charge in [-0.05, 0) is 55.2 Å². The highest BCUT2D eigenvalue weighted by atomic mass is 16.4. The highest BCUT2D eigenvalue weighted by Gasteiger charge is 2.27. The molecule has 2 amide bonds. The van der Waals surface area contributed by atoms with Crippen molar-refractivity contribution >= 4 is 23.5 Å². The van der Waals surface area contributed by atoms with Crippen LogP contribution in [0, 0.1) is 5.92 Å². The highest BCUT2D eigenvalue weighted by Crippen LogP contribution is 2.20. The second-order valence-corrected chi connectivity index (χ2v) is 6.95. The fraction of sp³-hybridized carbons (Fsp3) is 0.318. The van der Waals surface area contributed by atoms with E-state index in [0.29, 0.717) is 42.7 Å². The number of carbonyl (C=O) groups excluding carboxylic acids is 2. The number of aryl methyl sites for hydroxylation is 1. The van der Waals surface area contributed by atoms with Crippen molar-refractivity contribution in [2.24, 2.45) is 5.92 Å². The Morgan fingerprint density at radius 2 is 1.68 bits per heavy atom. The van der Waals surface area contributed by atoms with Crippen molar-refractivity contribution in [3.8, 4) is 0 Å². The van der Waals surface area contributed by atoms with Crippen LogP contribution < -0.4 is 5.32 Å². The molecule has 0 bridgehead atoms. The molecule has 0 aromatic heterocycles. The van der Waals surface area contributed by atoms with E-state index in [-0.39, 0.29) is 17.7 Å². The molecular formula is C22H24N2O4. The lowest BCUT2D eigenvalue weighted by atomic mass is 9.96. The van der Waals surface area contributed by atoms with Crippen molar-refractivity contribution in [2.75, 3.05) is 18.4 Å². The number of hydrogen-bond acceptors (Lipinski definition) is 3. The molecule has 0 atom stereocenters. The average Bonchev–Trinajstić information content (AvgIpc) is 2.73. The summed E-state index contributed by atoms with van der Waals surface area (Å²) >= 11 is 0. The van der Waals surface area contributed by atoms with Crippen LogP contribution in [-0.2, 0) is 11.2 Å². The number of piperidine rings is 1. The van der Waals surface area contributed by atoms with Gasteiger partial charge >= 0.3 is 5.97 Å². The number of rotatable bonds is 5. The number of carbonyl (C=O) groups is 3. The summed E-state index contributed by atoms with van der Waals surface area (Å²) in [5.74, 6) is -1.45. The molecule has 28 heavy (non-hydrogen) atoms. The van der Waals surface area contributed by atoms with Crippen LogP contribution in [0.1, 0.15) is 46.0 Å². The molecule has 6 nitrogen and oxygen atoms in total. The van der Waals surface area contributed by atoms with E-state index in [1.54, 1.807) is 35.2 Å². The average molecular weight is 380 g/mol. The quantitative estimate of drug-likeness (QED) is 0.832. The smallest absolute Gasteiger partial charge is 0.306 e. The van der Waals surface area contributed by atoms with Crippen LogP contribution in [0.5, 0.6) is 0 Å². The van der Waals surface area contributed by atoms with E-state index in [1.165, 1.54) is 0 Å². The molecule has 0 aliphatic carbocycles. The first-order valence-electron chi connectivity index (χ1n) is 9.51. The molecule has 2 N–H and O–H groups in total. The van der Waals surface area contributed by atoms with Crippen LogP contribution >= 0.6 is 0 Å². The standard InChI is InChI=1S/C22H24N2O4/c1-2-15-5-3-4-6-19(15)20(25)23-18-9-7-16(8-10-18)21(26)24-13-11-17(12-14-24)22(27)28/h3-10,17H,2,11-14H2,1H3,(H,23,25)(H,27,28). The number of likely N-dealkylation sites (tertiary alicyclic amines) is 1. The van der Waals surface area contributed by atoms with Gasteiger partial charge in [-0.15, -0.1) is 0 Å². The zero-order valence-electron chi connectivity index (χ0n) is 15.9. The summed E-state index contributed by atoms with van der Waals surface area (Å²) in [6, 6.07) is 14.3. The summed E-state index contributed by atoms with van der Waals surface area (Å²) in [5, 5.41) is 11.9. The summed E-state index contributed by atoms with van der Waals surface area (Å²) in [6.07, 6.45) is 1.73. The molecule has 0 spiro atoms. The Balaban J connectivity index is 1.63. The number of nitrogens with zero attached hydrogens (tertiary/aromatic N) is 1. The van der Waals surface area contributed by atoms with Crippen LogP contribution in [0.15, 0.2) is 48.5 Å². The maximum absolute atomic E-state index is 12.6. The van der Waals surface area contributed by atoms with Crippen LogP contribution in [0.25, 0.3) is 0 Å². The summed E-state index contributed by atoms with van der Waals surface area (Å²) in [5.41, 5.74) is 2.78. The molecule has 0 radical (unpaired) electrons. The van der Waals surface area contributed by atoms with Crippen molar-refractivity contribution in [3.63, 3.8) is 0 Å². The Hall–Kier alpha value is -3.15. The predicted molar refractivity (Wildman–Crippen MR) is 106 cm³/mol. The molecule has 6 heteroatoms. The Bertz CT molecular complexity index is 868. The molecule has 2 aromatic carbocycles. The topological polar surface area (TPSA) is 86.7 Å². The van der Waals surface area contributed by atoms with Gasteiger partial charge in [0.1, 0.15) is 0 Å². The third-order valence-electron chi connectivity index (χ3n) is 5.16. The van der Waals surface area contributed by atoms with Gasteiger partial charge in [0.2, 0.25) is 0 Å². The van der Waals surface area contributed by atoms with Crippen LogP contribution in [0.4, 0.5) is 5.69 Å². The molecule has 2 aromatic rings. The van der Waals surface area contributed by atoms with Gasteiger partial charge in [-0.2, -0.15) is 0 Å². The molecule has 146 valence electrons. The van der Waals surface area contributed by atoms with Crippen LogP contribution in [0.2, 0.25) is 0 Å². The van der Waals surface area contributed by atoms with Crippen LogP contribution in [-0.4, -0.2) is 40.9 Å². The predicted octanol–water partition coefficient (Wildman–Crippen LogP) is 3.44. The zero-order valence-corrected chi connectivity index (χ0v) is 15.9. The van der Waals surface area contributed by atoms with Crippen molar-refractivity contribution in [1.29, 1.82) is 0 Å². The van der Waals surface area contributed by atoms with Crippen molar-refractivity contribution in [1.82, 2.24) is 4.90 Å². The lowest BCUT2D eigenvalue weighted by Crippen LogP contribution is -2.40. The molecule has 1 heterocycles. The number of carboxylic acids is 1. The number of nitrogens with one attached hydrogen (secondary N) is 1. The van der Waals surface area contributed by atoms with Crippen LogP contribution in [0.3, 0.4) is 0 Å². The third-order valence-corrected chi connectivity index (χ3v) is 5.16. The Morgan fingerprint density at radius 1 is 1.04 bits per heavy atom. The molecule has 1 saturated heterocycles. The minimum atomic E-state index is -0.795. The van der Waals surface area contributed by atoms with E-state index in [0.717, 1.165) is 12.0 Å². The molecule has 1 aliphatic rings. The molecule has 1 aliphatic heterocycles. The highest BCUT2D eigenvalue weighted by molar-refractivity contribution is 6.05. The Morgan fingerprint density at radius 3 is 2.29 bits per heavy atom. The first kappa shape index (κ1) is 19.6. The maximum atomic E-state index is 12.6. The van der Waals surface area contributed by atoms with Gasteiger partial charge in [-0.25, -0.2) is 0 Å². The monoisotopic (exact) mass is 380 g/mol. The first-order chi connectivity index (χ1) is 13.5. The van der Waals surface area contributed by atoms with E-state index < -0.39 is 5.97 Å². The number of amides is 2. The molecular weight excluding hydrogens is 356 g/mol. The summed E-state index contributed by atoms with van der Waals surface area (Å²) in [6.45, 7) is 2.90. The normalized spacial score (nSPS) is 14.5. The first-order valence-corrected chi connectivity index (χ1v) is 9.51. The van der Waals surface area contributed by atoms with Crippen molar-refractivity contribution < 1.29 is 19.5 Å². The molecule has 0 unspecified atom stereocenters. The lowest BCUT2D eigenvalue weighted by Gasteiger charge is -2.30. The maximum Gasteiger partial charge on any atom is 0.306 e. The number of carboxylic acid groups (broad SMARTS) is 1. The van der Waals surface area contributed by atoms with Gasteiger partial charge in [-0.1, -0.05) is 25.1 Å². The molecule has 1 fully saturated rings. The Kier molecular flexibility index (Phi) is 6.09. The SMILES string of the molecule is CCc1ccccc1C(=O)Nc1ccc(C(=O)N2CCC(C(=O)O)CC2)cc1. The lowest BCUT2D eigenvalue weighted by molar-refractivity contribution is -0.143. The van der Waals surface area contributed by atoms with Gasteiger partial charge in [0, 0.05) is 29.9 Å². The van der Waals surface area contributed by atoms with Gasteiger partial charge in [0.05, 0.1) is 5.92 Å². The fourth-order valence-electron chi connectivity index (χ4n) is 3.46. The number of benzene rings is 2. The fourth-order valence-corrected chi connectivity index (χ4v) is 3.46. The van der Waals surface area contributed by atoms with Gasteiger partial charge in [-0.3, -0.25) is 14.4 Å². The van der Waals surface area contributed by atoms with E-state index >= 15 is 0 Å². The third kappa shape index (κ3) is 4.39. The van der Waals surface area contributed by atoms with E-state index in [9.17, 15) is 14.4 Å². The summed E-state index contributed by atoms with van der Waals surface area (Å²) in [4.78, 5) is 37.8. The van der Waals surface area contributed by atoms with E-state index in [1.807, 2.05) is 25.1 Å². The van der Waals surface area contributed by atoms with Gasteiger partial charge in [0.15, 0.2) is 0 Å². The van der Waals surface area contributed by atoms with Crippen molar-refractivity contribution in [2.45, 2.75) is 26.2 Å². The molecule has 3 rings (SSSR count). The summed E-state index contributed by atoms with van der Waals surface area (Å²) in [7, 11) is 0. The summed E-state index contributed by atoms with van der Waals surface area (Å²) < 4.78 is 0. The largest absolute Gasteiger partial charge is 0.481 e. The van der Waals surface area contributed by atoms with Gasteiger partial charge in [0.25, 0.3) is 11.8 Å². The van der Waals surface area contributed by atoms with Crippen molar-refractivity contribution in [3.05, 3.63) is 65.2 Å².